The van der Waals surface area contributed by atoms with Crippen LogP contribution >= 0.6 is 0 Å². The number of ether oxygens (including phenoxy) is 1. The number of methoxy groups -OCH3 is 1. The Labute approximate surface area is 141 Å². The molecule has 0 saturated carbocycles. The number of pyridine rings is 1. The van der Waals surface area contributed by atoms with E-state index in [9.17, 15) is 4.79 Å². The van der Waals surface area contributed by atoms with Gasteiger partial charge in [0, 0.05) is 18.0 Å². The van der Waals surface area contributed by atoms with E-state index in [0.717, 1.165) is 0 Å². The number of nitrogens with zero attached hydrogens (tertiary/aromatic N) is 2. The smallest absolute Gasteiger partial charge is 0.870 e. The van der Waals surface area contributed by atoms with Crippen molar-refractivity contribution in [2.75, 3.05) is 7.11 Å². The number of hydrogen-bond acceptors (Lipinski definition) is 5. The second kappa shape index (κ2) is 9.63. The maximum Gasteiger partial charge on any atom is 2.00 e. The number of amides is 1. The van der Waals surface area contributed by atoms with Gasteiger partial charge in [-0.05, 0) is 24.3 Å². The van der Waals surface area contributed by atoms with Gasteiger partial charge in [0.2, 0.25) is 5.75 Å². The molecule has 0 saturated heterocycles. The van der Waals surface area contributed by atoms with Gasteiger partial charge >= 0.3 is 26.2 Å². The second-order valence-corrected chi connectivity index (χ2v) is 3.86. The van der Waals surface area contributed by atoms with Gasteiger partial charge in [0.05, 0.1) is 18.9 Å². The zero-order valence-corrected chi connectivity index (χ0v) is 13.1. The number of benzene rings is 1. The maximum absolute atomic E-state index is 11.7. The van der Waals surface area contributed by atoms with Crippen LogP contribution in [0.5, 0.6) is 11.5 Å². The van der Waals surface area contributed by atoms with E-state index in [4.69, 9.17) is 9.84 Å². The third kappa shape index (κ3) is 4.93. The third-order valence-corrected chi connectivity index (χ3v) is 2.59. The van der Waals surface area contributed by atoms with Crippen LogP contribution in [0.15, 0.2) is 47.8 Å². The van der Waals surface area contributed by atoms with Crippen molar-refractivity contribution in [2.45, 2.75) is 0 Å². The molecule has 7 nitrogen and oxygen atoms in total. The molecule has 0 bridgehead atoms. The standard InChI is InChI=1S/C14H13N3O3.H2O.Pd/c1-20-12-4-2-3-11(13(12)18)9-16-17-14(19)10-5-7-15-8-6-10;;/h2-9,18H,1H3,(H,17,19);1H2;/q;;+2. The molecule has 0 atom stereocenters. The molecule has 0 aliphatic rings. The zero-order chi connectivity index (χ0) is 14.4. The van der Waals surface area contributed by atoms with Crippen LogP contribution in [0.2, 0.25) is 0 Å². The van der Waals surface area contributed by atoms with Crippen molar-refractivity contribution < 1.29 is 40.5 Å². The molecular formula is C14H15N3O4Pd+2. The molecule has 0 aliphatic carbocycles. The van der Waals surface area contributed by atoms with Crippen molar-refractivity contribution in [2.24, 2.45) is 5.10 Å². The number of aromatic nitrogens is 1. The molecule has 8 heteroatoms. The van der Waals surface area contributed by atoms with E-state index >= 15 is 0 Å². The number of hydrogen-bond donors (Lipinski definition) is 1. The first-order valence-corrected chi connectivity index (χ1v) is 5.84. The van der Waals surface area contributed by atoms with Crippen LogP contribution < -0.4 is 10.2 Å². The number of nitrogens with one attached hydrogen (secondary N) is 1. The topological polar surface area (TPSA) is 116 Å². The third-order valence-electron chi connectivity index (χ3n) is 2.59. The molecule has 2 rings (SSSR count). The van der Waals surface area contributed by atoms with Gasteiger partial charge in [0.25, 0.3) is 5.91 Å². The summed E-state index contributed by atoms with van der Waals surface area (Å²) in [5, 5.41) is 11.7. The van der Waals surface area contributed by atoms with Gasteiger partial charge in [-0.25, -0.2) is 5.43 Å². The fourth-order valence-electron chi connectivity index (χ4n) is 1.55. The van der Waals surface area contributed by atoms with Crippen LogP contribution in [-0.4, -0.2) is 34.8 Å². The molecule has 1 heterocycles. The van der Waals surface area contributed by atoms with Crippen LogP contribution in [0, 0.1) is 0 Å². The Morgan fingerprint density at radius 3 is 2.64 bits per heavy atom. The van der Waals surface area contributed by atoms with Crippen molar-refractivity contribution in [3.63, 3.8) is 0 Å². The van der Waals surface area contributed by atoms with E-state index < -0.39 is 0 Å². The Hall–Kier alpha value is -2.27. The van der Waals surface area contributed by atoms with Crippen LogP contribution in [0.4, 0.5) is 0 Å². The molecule has 4 N–H and O–H groups in total. The summed E-state index contributed by atoms with van der Waals surface area (Å²) in [6.07, 6.45) is 4.47. The summed E-state index contributed by atoms with van der Waals surface area (Å²) in [7, 11) is 1.50. The molecule has 0 radical (unpaired) electrons. The normalized spacial score (nSPS) is 9.50. The second-order valence-electron chi connectivity index (χ2n) is 3.86. The van der Waals surface area contributed by atoms with Crippen LogP contribution in [0.1, 0.15) is 15.9 Å². The zero-order valence-electron chi connectivity index (χ0n) is 11.6. The summed E-state index contributed by atoms with van der Waals surface area (Å²) in [4.78, 5) is 15.5. The molecule has 1 aromatic heterocycles. The van der Waals surface area contributed by atoms with E-state index in [-0.39, 0.29) is 37.6 Å². The predicted octanol–water partition coefficient (Wildman–Crippen LogP) is 1.11. The molecule has 22 heavy (non-hydrogen) atoms. The monoisotopic (exact) mass is 395 g/mol. The fraction of sp³-hybridized carbons (Fsp3) is 0.0714. The van der Waals surface area contributed by atoms with Gasteiger partial charge < -0.3 is 15.3 Å². The molecular weight excluding hydrogens is 381 g/mol. The molecule has 0 unspecified atom stereocenters. The summed E-state index contributed by atoms with van der Waals surface area (Å²) in [6.45, 7) is 0. The Bertz CT molecular complexity index is 635. The summed E-state index contributed by atoms with van der Waals surface area (Å²) in [6, 6.07) is 8.34. The number of carbonyl (C=O) groups is 1. The Morgan fingerprint density at radius 2 is 2.00 bits per heavy atom. The Kier molecular flexibility index (Phi) is 8.64. The first-order chi connectivity index (χ1) is 9.72. The summed E-state index contributed by atoms with van der Waals surface area (Å²) < 4.78 is 5.04. The number of para-hydroxylation sites is 1. The minimum atomic E-state index is -0.335. The van der Waals surface area contributed by atoms with E-state index in [1.165, 1.54) is 25.7 Å². The molecule has 0 spiro atoms. The quantitative estimate of drug-likeness (QED) is 0.361. The molecule has 0 fully saturated rings. The first kappa shape index (κ1) is 19.7. The average molecular weight is 396 g/mol. The number of hydrazone groups is 1. The van der Waals surface area contributed by atoms with Crippen LogP contribution in [0.25, 0.3) is 0 Å². The fourth-order valence-corrected chi connectivity index (χ4v) is 1.55. The number of rotatable bonds is 4. The summed E-state index contributed by atoms with van der Waals surface area (Å²) >= 11 is 0. The van der Waals surface area contributed by atoms with E-state index in [1.807, 2.05) is 0 Å². The van der Waals surface area contributed by atoms with Gasteiger partial charge in [-0.3, -0.25) is 9.78 Å². The summed E-state index contributed by atoms with van der Waals surface area (Å²) in [5.74, 6) is 0.337. The largest absolute Gasteiger partial charge is 2.00 e. The van der Waals surface area contributed by atoms with Crippen LogP contribution in [-0.2, 0) is 20.4 Å². The van der Waals surface area contributed by atoms with E-state index in [1.54, 1.807) is 30.3 Å². The van der Waals surface area contributed by atoms with Crippen LogP contribution in [0.3, 0.4) is 0 Å². The van der Waals surface area contributed by atoms with Crippen molar-refractivity contribution >= 4 is 12.1 Å². The van der Waals surface area contributed by atoms with Crippen molar-refractivity contribution in [3.8, 4) is 11.5 Å². The first-order valence-electron chi connectivity index (χ1n) is 5.84. The summed E-state index contributed by atoms with van der Waals surface area (Å²) in [5.41, 5.74) is 3.41. The van der Waals surface area contributed by atoms with Gasteiger partial charge in [-0.2, -0.15) is 5.10 Å². The molecule has 1 aromatic carbocycles. The van der Waals surface area contributed by atoms with Gasteiger partial charge in [0.1, 0.15) is 0 Å². The van der Waals surface area contributed by atoms with Crippen molar-refractivity contribution in [1.82, 2.24) is 10.4 Å². The minimum absolute atomic E-state index is 0. The molecule has 118 valence electrons. The van der Waals surface area contributed by atoms with E-state index in [2.05, 4.69) is 15.5 Å². The van der Waals surface area contributed by atoms with Gasteiger partial charge in [-0.1, -0.05) is 6.07 Å². The van der Waals surface area contributed by atoms with Gasteiger partial charge in [0.15, 0.2) is 0 Å². The minimum Gasteiger partial charge on any atom is -0.870 e. The Balaban J connectivity index is 0.00000220. The maximum atomic E-state index is 11.7. The molecule has 2 aromatic rings. The SMILES string of the molecule is COc1cccc(C=NNC(=O)c2ccncc2)c1[OH2+].[OH-].[Pd+2]. The van der Waals surface area contributed by atoms with Crippen molar-refractivity contribution in [1.29, 1.82) is 0 Å². The Morgan fingerprint density at radius 1 is 1.32 bits per heavy atom. The molecule has 0 aliphatic heterocycles. The van der Waals surface area contributed by atoms with Gasteiger partial charge in [-0.15, -0.1) is 0 Å². The van der Waals surface area contributed by atoms with Crippen molar-refractivity contribution in [3.05, 3.63) is 53.9 Å². The average Bonchev–Trinajstić information content (AvgIpc) is 2.49. The number of carbonyl (C=O) groups excluding carboxylic acids is 1. The predicted molar refractivity (Wildman–Crippen MR) is 77.3 cm³/mol. The van der Waals surface area contributed by atoms with E-state index in [0.29, 0.717) is 16.9 Å². The molecule has 1 amide bonds.